The average Bonchev–Trinajstić information content (AvgIpc) is 2.91. The lowest BCUT2D eigenvalue weighted by atomic mass is 9.93. The summed E-state index contributed by atoms with van der Waals surface area (Å²) in [5.41, 5.74) is 2.44. The van der Waals surface area contributed by atoms with Gasteiger partial charge in [0.05, 0.1) is 13.2 Å². The zero-order valence-corrected chi connectivity index (χ0v) is 24.2. The summed E-state index contributed by atoms with van der Waals surface area (Å²) in [5, 5.41) is 5.72. The highest BCUT2D eigenvalue weighted by atomic mass is 19.1. The number of methoxy groups -OCH3 is 1. The highest BCUT2D eigenvalue weighted by Gasteiger charge is 2.33. The van der Waals surface area contributed by atoms with Crippen molar-refractivity contribution < 1.29 is 23.4 Å². The Morgan fingerprint density at radius 1 is 0.825 bits per heavy atom. The van der Waals surface area contributed by atoms with Gasteiger partial charge in [-0.05, 0) is 111 Å². The van der Waals surface area contributed by atoms with E-state index < -0.39 is 17.4 Å². The maximum absolute atomic E-state index is 15.0. The lowest BCUT2D eigenvalue weighted by Gasteiger charge is -2.26. The van der Waals surface area contributed by atoms with Crippen LogP contribution in [-0.2, 0) is 9.53 Å². The maximum Gasteiger partial charge on any atom is 0.350 e. The molecule has 0 bridgehead atoms. The molecule has 0 heterocycles. The molecule has 5 nitrogen and oxygen atoms in total. The van der Waals surface area contributed by atoms with E-state index in [-0.39, 0.29) is 23.9 Å². The zero-order chi connectivity index (χ0) is 29.0. The van der Waals surface area contributed by atoms with Gasteiger partial charge in [0.15, 0.2) is 5.60 Å². The smallest absolute Gasteiger partial charge is 0.350 e. The van der Waals surface area contributed by atoms with Crippen molar-refractivity contribution in [2.45, 2.75) is 65.3 Å². The minimum absolute atomic E-state index is 0.00132. The minimum atomic E-state index is -1.28. The van der Waals surface area contributed by atoms with Crippen molar-refractivity contribution >= 4 is 16.7 Å². The van der Waals surface area contributed by atoms with Crippen LogP contribution in [0.5, 0.6) is 11.5 Å². The van der Waals surface area contributed by atoms with Gasteiger partial charge < -0.3 is 19.5 Å². The van der Waals surface area contributed by atoms with E-state index in [9.17, 15) is 9.18 Å². The lowest BCUT2D eigenvalue weighted by Crippen LogP contribution is -2.40. The normalized spacial score (nSPS) is 13.2. The molecular formula is C34H38FNO4. The summed E-state index contributed by atoms with van der Waals surface area (Å²) in [4.78, 5) is 12.6. The summed E-state index contributed by atoms with van der Waals surface area (Å²) >= 11 is 0. The number of fused-ring (bicyclic) bond motifs is 1. The number of carbonyl (C=O) groups excluding carboxylic acids is 1. The molecular weight excluding hydrogens is 505 g/mol. The summed E-state index contributed by atoms with van der Waals surface area (Å²) < 4.78 is 31.7. The second kappa shape index (κ2) is 12.1. The van der Waals surface area contributed by atoms with Crippen LogP contribution in [0.2, 0.25) is 0 Å². The van der Waals surface area contributed by atoms with Gasteiger partial charge in [-0.25, -0.2) is 9.18 Å². The van der Waals surface area contributed by atoms with E-state index in [0.717, 1.165) is 33.2 Å². The molecule has 210 valence electrons. The number of hydrogen-bond acceptors (Lipinski definition) is 5. The molecule has 6 heteroatoms. The van der Waals surface area contributed by atoms with E-state index in [4.69, 9.17) is 14.2 Å². The monoisotopic (exact) mass is 543 g/mol. The van der Waals surface area contributed by atoms with E-state index in [1.807, 2.05) is 36.4 Å². The van der Waals surface area contributed by atoms with Crippen LogP contribution in [0.4, 0.5) is 4.39 Å². The first-order valence-corrected chi connectivity index (χ1v) is 13.6. The van der Waals surface area contributed by atoms with Gasteiger partial charge >= 0.3 is 5.97 Å². The molecule has 0 radical (unpaired) electrons. The maximum atomic E-state index is 15.0. The first kappa shape index (κ1) is 29.1. The fourth-order valence-corrected chi connectivity index (χ4v) is 4.77. The predicted octanol–water partition coefficient (Wildman–Crippen LogP) is 8.18. The van der Waals surface area contributed by atoms with Gasteiger partial charge in [0.1, 0.15) is 17.3 Å². The fourth-order valence-electron chi connectivity index (χ4n) is 4.77. The van der Waals surface area contributed by atoms with Gasteiger partial charge in [-0.15, -0.1) is 0 Å². The number of ether oxygens (including phenoxy) is 3. The zero-order valence-electron chi connectivity index (χ0n) is 24.2. The van der Waals surface area contributed by atoms with Crippen molar-refractivity contribution in [3.05, 3.63) is 95.8 Å². The van der Waals surface area contributed by atoms with Crippen molar-refractivity contribution in [1.29, 1.82) is 0 Å². The number of carbonyl (C=O) groups is 1. The number of esters is 1. The molecule has 0 spiro atoms. The average molecular weight is 544 g/mol. The fraction of sp³-hybridized carbons (Fsp3) is 0.324. The van der Waals surface area contributed by atoms with Crippen molar-refractivity contribution in [1.82, 2.24) is 5.32 Å². The molecule has 0 saturated carbocycles. The van der Waals surface area contributed by atoms with Gasteiger partial charge in [-0.2, -0.15) is 0 Å². The second-order valence-electron chi connectivity index (χ2n) is 10.9. The van der Waals surface area contributed by atoms with Crippen LogP contribution >= 0.6 is 0 Å². The van der Waals surface area contributed by atoms with Crippen LogP contribution in [0.15, 0.2) is 78.9 Å². The molecule has 1 N–H and O–H groups in total. The Bertz CT molecular complexity index is 1500. The van der Waals surface area contributed by atoms with Gasteiger partial charge in [0.2, 0.25) is 0 Å². The molecule has 2 atom stereocenters. The first-order chi connectivity index (χ1) is 19.0. The number of halogens is 1. The summed E-state index contributed by atoms with van der Waals surface area (Å²) in [5.74, 6) is 0.114. The van der Waals surface area contributed by atoms with E-state index in [1.54, 1.807) is 40.9 Å². The van der Waals surface area contributed by atoms with Crippen molar-refractivity contribution in [3.63, 3.8) is 0 Å². The number of hydrogen-bond donors (Lipinski definition) is 1. The Labute approximate surface area is 236 Å². The quantitative estimate of drug-likeness (QED) is 0.204. The second-order valence-corrected chi connectivity index (χ2v) is 10.9. The predicted molar refractivity (Wildman–Crippen MR) is 158 cm³/mol. The van der Waals surface area contributed by atoms with Crippen LogP contribution in [0, 0.1) is 5.82 Å². The van der Waals surface area contributed by atoms with Crippen LogP contribution < -0.4 is 14.8 Å². The molecule has 40 heavy (non-hydrogen) atoms. The Morgan fingerprint density at radius 2 is 1.55 bits per heavy atom. The largest absolute Gasteiger partial charge is 0.497 e. The van der Waals surface area contributed by atoms with Crippen molar-refractivity contribution in [3.8, 4) is 22.6 Å². The summed E-state index contributed by atoms with van der Waals surface area (Å²) in [6.45, 7) is 11.0. The number of benzene rings is 4. The van der Waals surface area contributed by atoms with Crippen molar-refractivity contribution in [2.75, 3.05) is 7.11 Å². The molecule has 4 aromatic rings. The van der Waals surface area contributed by atoms with E-state index >= 15 is 0 Å². The van der Waals surface area contributed by atoms with Gasteiger partial charge in [0.25, 0.3) is 0 Å². The lowest BCUT2D eigenvalue weighted by molar-refractivity contribution is -0.163. The van der Waals surface area contributed by atoms with Gasteiger partial charge in [-0.1, -0.05) is 36.4 Å². The van der Waals surface area contributed by atoms with E-state index in [2.05, 4.69) is 43.4 Å². The van der Waals surface area contributed by atoms with Crippen LogP contribution in [0.3, 0.4) is 0 Å². The van der Waals surface area contributed by atoms with Gasteiger partial charge in [0, 0.05) is 18.2 Å². The third-order valence-corrected chi connectivity index (χ3v) is 6.87. The van der Waals surface area contributed by atoms with E-state index in [0.29, 0.717) is 5.56 Å². The van der Waals surface area contributed by atoms with Crippen LogP contribution in [0.1, 0.15) is 64.8 Å². The number of nitrogens with one attached hydrogen (secondary N) is 1. The summed E-state index contributed by atoms with van der Waals surface area (Å²) in [6.07, 6.45) is -0.283. The first-order valence-electron chi connectivity index (χ1n) is 13.6. The summed E-state index contributed by atoms with van der Waals surface area (Å²) in [6, 6.07) is 25.0. The summed E-state index contributed by atoms with van der Waals surface area (Å²) in [7, 11) is 1.66. The molecule has 0 aliphatic carbocycles. The SMILES string of the molecule is COc1cccc([C@@H](C)NC(C)c2cc(-c3cc(F)cc(OC(C)(C)C(=O)OC(C)C)c3)c3ccccc3c2)c1. The highest BCUT2D eigenvalue weighted by Crippen LogP contribution is 2.36. The third-order valence-electron chi connectivity index (χ3n) is 6.87. The molecule has 4 aromatic carbocycles. The minimum Gasteiger partial charge on any atom is -0.497 e. The number of rotatable bonds is 10. The Morgan fingerprint density at radius 3 is 2.27 bits per heavy atom. The van der Waals surface area contributed by atoms with Gasteiger partial charge in [-0.3, -0.25) is 0 Å². The standard InChI is InChI=1S/C34H38FNO4/c1-21(2)39-33(37)34(5,6)40-30-18-27(16-28(35)20-30)32-19-26(15-25-11-8-9-14-31(25)32)23(4)36-22(3)24-12-10-13-29(17-24)38-7/h8-23,36H,1-7H3/t22-,23?/m1/s1. The van der Waals surface area contributed by atoms with Crippen molar-refractivity contribution in [2.24, 2.45) is 0 Å². The van der Waals surface area contributed by atoms with Crippen LogP contribution in [-0.4, -0.2) is 24.8 Å². The molecule has 0 aliphatic heterocycles. The molecule has 0 amide bonds. The topological polar surface area (TPSA) is 56.8 Å². The highest BCUT2D eigenvalue weighted by molar-refractivity contribution is 5.97. The van der Waals surface area contributed by atoms with Crippen LogP contribution in [0.25, 0.3) is 21.9 Å². The molecule has 0 aromatic heterocycles. The molecule has 0 saturated heterocycles. The molecule has 4 rings (SSSR count). The molecule has 0 fully saturated rings. The Kier molecular flexibility index (Phi) is 8.79. The Balaban J connectivity index is 1.69. The molecule has 1 unspecified atom stereocenters. The Hall–Kier alpha value is -3.90. The van der Waals surface area contributed by atoms with E-state index in [1.165, 1.54) is 12.1 Å². The molecule has 0 aliphatic rings. The third kappa shape index (κ3) is 6.80.